The van der Waals surface area contributed by atoms with E-state index in [4.69, 9.17) is 34.0 Å². The van der Waals surface area contributed by atoms with Crippen LogP contribution in [0.5, 0.6) is 0 Å². The first-order valence-electron chi connectivity index (χ1n) is 7.12. The van der Waals surface area contributed by atoms with Gasteiger partial charge >= 0.3 is 103 Å². The first-order valence-corrected chi connectivity index (χ1v) is 16.5. The van der Waals surface area contributed by atoms with Crippen LogP contribution in [0, 0.1) is 0 Å². The molecular formula is C13H27F11I2NaO8S4-. The van der Waals surface area contributed by atoms with Crippen LogP contribution in [0.15, 0.2) is 38.5 Å². The third kappa shape index (κ3) is 2230. The molecule has 0 aromatic rings. The second kappa shape index (κ2) is 62.5. The first-order chi connectivity index (χ1) is 16.4. The SMILES string of the molecule is C.C=C.C=CCF.C=CCF.CC[I-]CF.FCI.O=S(=O)(F)F.O=S(=O)(F)F.O=S(=O)(F)F.O=S([O-])F.[Na+]. The molecule has 0 aromatic heterocycles. The van der Waals surface area contributed by atoms with Crippen LogP contribution in [0.1, 0.15) is 14.4 Å². The minimum Gasteiger partial charge on any atom is -0.746 e. The van der Waals surface area contributed by atoms with E-state index in [1.807, 2.05) is 6.92 Å². The molecule has 0 rings (SSSR count). The molecule has 0 amide bonds. The molecule has 0 fully saturated rings. The van der Waals surface area contributed by atoms with Crippen LogP contribution in [-0.4, -0.2) is 61.2 Å². The average Bonchev–Trinajstić information content (AvgIpc) is 2.67. The van der Waals surface area contributed by atoms with Crippen LogP contribution in [0.2, 0.25) is 0 Å². The molecule has 0 spiro atoms. The van der Waals surface area contributed by atoms with Gasteiger partial charge in [0.05, 0.1) is 0 Å². The zero-order valence-electron chi connectivity index (χ0n) is 19.3. The summed E-state index contributed by atoms with van der Waals surface area (Å²) in [5.74, 6) is 0. The third-order valence-electron chi connectivity index (χ3n) is 0.479. The molecule has 0 radical (unpaired) electrons. The van der Waals surface area contributed by atoms with E-state index in [0.29, 0.717) is 0 Å². The molecule has 1 unspecified atom stereocenters. The van der Waals surface area contributed by atoms with Crippen molar-refractivity contribution in [2.75, 3.05) is 27.1 Å². The maximum atomic E-state index is 11.0. The summed E-state index contributed by atoms with van der Waals surface area (Å²) < 4.78 is 180. The molecule has 0 saturated carbocycles. The molecule has 0 saturated heterocycles. The van der Waals surface area contributed by atoms with Crippen molar-refractivity contribution in [2.24, 2.45) is 0 Å². The minimum absolute atomic E-state index is 0. The van der Waals surface area contributed by atoms with E-state index in [1.165, 1.54) is 12.2 Å². The van der Waals surface area contributed by atoms with Gasteiger partial charge in [-0.05, 0) is 22.6 Å². The Bertz CT molecular complexity index is 659. The van der Waals surface area contributed by atoms with Crippen molar-refractivity contribution in [3.8, 4) is 0 Å². The molecule has 0 aromatic carbocycles. The third-order valence-corrected chi connectivity index (χ3v) is 1.97. The van der Waals surface area contributed by atoms with E-state index in [-0.39, 0.29) is 67.6 Å². The topological polar surface area (TPSA) is 143 Å². The van der Waals surface area contributed by atoms with Gasteiger partial charge in [-0.3, -0.25) is 0 Å². The molecule has 0 aliphatic carbocycles. The fraction of sp³-hybridized carbons (Fsp3) is 0.538. The van der Waals surface area contributed by atoms with Gasteiger partial charge in [0.15, 0.2) is 0 Å². The van der Waals surface area contributed by atoms with Gasteiger partial charge in [0, 0.05) is 0 Å². The maximum Gasteiger partial charge on any atom is 1.00 e. The smallest absolute Gasteiger partial charge is 0.746 e. The molecule has 26 heteroatoms. The summed E-state index contributed by atoms with van der Waals surface area (Å²) in [6, 6.07) is 0. The molecule has 0 aliphatic heterocycles. The van der Waals surface area contributed by atoms with Gasteiger partial charge in [-0.2, -0.15) is 25.3 Å². The molecule has 244 valence electrons. The molecule has 0 aliphatic rings. The van der Waals surface area contributed by atoms with Crippen molar-refractivity contribution >= 4 is 65.9 Å². The summed E-state index contributed by atoms with van der Waals surface area (Å²) in [6.07, 6.45) is 2.42. The van der Waals surface area contributed by atoms with Crippen LogP contribution in [-0.2, 0) is 43.3 Å². The van der Waals surface area contributed by atoms with Gasteiger partial charge in [-0.25, -0.2) is 17.4 Å². The number of hydrogen-bond donors (Lipinski definition) is 0. The normalized spacial score (nSPS) is 9.08. The van der Waals surface area contributed by atoms with Crippen molar-refractivity contribution in [3.05, 3.63) is 38.5 Å². The predicted molar refractivity (Wildman–Crippen MR) is 130 cm³/mol. The Labute approximate surface area is 272 Å². The van der Waals surface area contributed by atoms with Gasteiger partial charge in [0.25, 0.3) is 0 Å². The van der Waals surface area contributed by atoms with Crippen molar-refractivity contribution in [2.45, 2.75) is 14.4 Å². The van der Waals surface area contributed by atoms with Crippen molar-refractivity contribution in [1.29, 1.82) is 0 Å². The zero-order chi connectivity index (χ0) is 32.7. The fourth-order valence-electron chi connectivity index (χ4n) is 0.0714. The van der Waals surface area contributed by atoms with Crippen LogP contribution in [0.25, 0.3) is 0 Å². The van der Waals surface area contributed by atoms with Crippen LogP contribution in [0.3, 0.4) is 0 Å². The van der Waals surface area contributed by atoms with E-state index >= 15 is 0 Å². The predicted octanol–water partition coefficient (Wildman–Crippen LogP) is 0.357. The molecular weight excluding hydrogens is 898 g/mol. The Balaban J connectivity index is -0.0000000252. The van der Waals surface area contributed by atoms with E-state index in [1.54, 1.807) is 22.6 Å². The zero-order valence-corrected chi connectivity index (χ0v) is 28.9. The van der Waals surface area contributed by atoms with Gasteiger partial charge in [0.2, 0.25) is 0 Å². The summed E-state index contributed by atoms with van der Waals surface area (Å²) in [4.78, 5) is 0. The van der Waals surface area contributed by atoms with Crippen LogP contribution in [0.4, 0.5) is 44.8 Å². The van der Waals surface area contributed by atoms with Crippen molar-refractivity contribution < 1.29 is 130 Å². The molecule has 39 heavy (non-hydrogen) atoms. The Morgan fingerprint density at radius 2 is 0.897 bits per heavy atom. The average molecular weight is 925 g/mol. The minimum atomic E-state index is -5.67. The summed E-state index contributed by atoms with van der Waals surface area (Å²) in [6.45, 7) is 13.4. The Hall–Kier alpha value is 0.870. The van der Waals surface area contributed by atoms with E-state index in [2.05, 4.69) is 26.3 Å². The van der Waals surface area contributed by atoms with E-state index in [0.717, 1.165) is 4.43 Å². The molecule has 0 heterocycles. The van der Waals surface area contributed by atoms with Crippen molar-refractivity contribution in [1.82, 2.24) is 0 Å². The summed E-state index contributed by atoms with van der Waals surface area (Å²) in [5.41, 5.74) is 0. The summed E-state index contributed by atoms with van der Waals surface area (Å²) in [5, 5.41) is 0. The van der Waals surface area contributed by atoms with Gasteiger partial charge in [0.1, 0.15) is 29.5 Å². The first kappa shape index (κ1) is 72.3. The monoisotopic (exact) mass is 925 g/mol. The van der Waals surface area contributed by atoms with Crippen molar-refractivity contribution in [3.63, 3.8) is 0 Å². The van der Waals surface area contributed by atoms with Gasteiger partial charge < -0.3 is 4.55 Å². The standard InChI is InChI=1S/C3H7FI.2C3H5F.C2H4.CH2FI.CH4.3F2O2S.FHO2S.Na/c1-2-5-3-4;2*1-2-3-4;1-2;2-1-3;;3*1-5(2,3)4;1-4(2)3;/h2-3H2,1H3;2*2H,1,3H2;1-2H2;1H2;1H4;;;;(H,2,3);/q-1;;;;;;;;;;+1/p-1. The second-order valence-corrected chi connectivity index (χ2v) is 9.29. The van der Waals surface area contributed by atoms with Crippen LogP contribution >= 0.6 is 22.6 Å². The summed E-state index contributed by atoms with van der Waals surface area (Å²) >= 11 is -1.77. The second-order valence-electron chi connectivity index (χ2n) is 2.87. The Morgan fingerprint density at radius 1 is 0.795 bits per heavy atom. The van der Waals surface area contributed by atoms with Gasteiger partial charge in [-0.15, -0.1) is 30.2 Å². The quantitative estimate of drug-likeness (QED) is 0.0750. The fourth-order valence-corrected chi connectivity index (χ4v) is 0.479. The maximum absolute atomic E-state index is 11.0. The summed E-state index contributed by atoms with van der Waals surface area (Å²) in [7, 11) is -17.0. The number of allylic oxidation sites excluding steroid dienone is 2. The van der Waals surface area contributed by atoms with E-state index in [9.17, 15) is 44.8 Å². The molecule has 8 nitrogen and oxygen atoms in total. The number of hydrogen-bond acceptors (Lipinski definition) is 8. The molecule has 0 N–H and O–H groups in total. The Kier molecular flexibility index (Phi) is 116. The van der Waals surface area contributed by atoms with Gasteiger partial charge in [-0.1, -0.05) is 42.9 Å². The van der Waals surface area contributed by atoms with Crippen LogP contribution < -0.4 is 50.8 Å². The molecule has 0 bridgehead atoms. The number of rotatable bonds is 4. The largest absolute Gasteiger partial charge is 1.00 e. The number of halogens is 13. The van der Waals surface area contributed by atoms with E-state index < -0.39 is 56.6 Å². The molecule has 1 atom stereocenters. The Morgan fingerprint density at radius 3 is 0.897 bits per heavy atom. The number of alkyl halides is 7.